The predicted octanol–water partition coefficient (Wildman–Crippen LogP) is 3.20. The number of nitrogens with one attached hydrogen (secondary N) is 1. The maximum absolute atomic E-state index is 6.58. The van der Waals surface area contributed by atoms with E-state index in [2.05, 4.69) is 6.92 Å². The third-order valence-corrected chi connectivity index (χ3v) is 0.702. The van der Waals surface area contributed by atoms with Crippen molar-refractivity contribution in [3.05, 3.63) is 0 Å². The molecule has 58 valence electrons. The Morgan fingerprint density at radius 1 is 1.56 bits per heavy atom. The van der Waals surface area contributed by atoms with Crippen LogP contribution >= 0.6 is 19.4 Å². The molecule has 0 radical (unpaired) electrons. The van der Waals surface area contributed by atoms with Crippen molar-refractivity contribution in [2.45, 2.75) is 26.2 Å². The summed E-state index contributed by atoms with van der Waals surface area (Å²) in [5.41, 5.74) is 0. The second kappa shape index (κ2) is 15.9. The van der Waals surface area contributed by atoms with Crippen LogP contribution in [0.15, 0.2) is 0 Å². The quantitative estimate of drug-likeness (QED) is 0.456. The van der Waals surface area contributed by atoms with Gasteiger partial charge in [-0.25, -0.2) is 0 Å². The maximum atomic E-state index is 6.58. The third-order valence-electron chi connectivity index (χ3n) is 0.702. The monoisotopic (exact) mass is 257 g/mol. The first-order valence-electron chi connectivity index (χ1n) is 2.67. The van der Waals surface area contributed by atoms with Crippen molar-refractivity contribution in [1.29, 1.82) is 5.41 Å². The molecule has 0 rings (SSSR count). The molecule has 9 heavy (non-hydrogen) atoms. The summed E-state index contributed by atoms with van der Waals surface area (Å²) in [6, 6.07) is 0. The molecule has 0 aliphatic heterocycles. The Bertz CT molecular complexity index is 52.2. The van der Waals surface area contributed by atoms with Crippen molar-refractivity contribution in [1.82, 2.24) is 0 Å². The zero-order valence-corrected chi connectivity index (χ0v) is 8.56. The molecule has 0 aliphatic carbocycles. The van der Waals surface area contributed by atoms with Gasteiger partial charge in [-0.1, -0.05) is 13.3 Å². The molecule has 0 atom stereocenters. The minimum absolute atomic E-state index is 0.346. The summed E-state index contributed by atoms with van der Waals surface area (Å²) >= 11 is -0.346. The van der Waals surface area contributed by atoms with Gasteiger partial charge in [0, 0.05) is 0 Å². The SMILES string of the molecule is CCCCC=N.[Cl][Ru][Cl]. The van der Waals surface area contributed by atoms with Gasteiger partial charge in [-0.3, -0.25) is 0 Å². The number of hydrogen-bond acceptors (Lipinski definition) is 1. The first-order chi connectivity index (χ1) is 4.33. The number of halogens is 2. The van der Waals surface area contributed by atoms with E-state index in [0.717, 1.165) is 6.42 Å². The second-order valence-corrected chi connectivity index (χ2v) is 4.04. The van der Waals surface area contributed by atoms with Gasteiger partial charge in [0.05, 0.1) is 0 Å². The van der Waals surface area contributed by atoms with Gasteiger partial charge in [-0.15, -0.1) is 0 Å². The zero-order chi connectivity index (χ0) is 7.54. The van der Waals surface area contributed by atoms with Crippen molar-refractivity contribution < 1.29 is 15.1 Å². The van der Waals surface area contributed by atoms with E-state index < -0.39 is 0 Å². The molecule has 0 saturated heterocycles. The molecule has 0 amide bonds. The molecule has 0 bridgehead atoms. The van der Waals surface area contributed by atoms with E-state index in [0.29, 0.717) is 0 Å². The molecule has 4 heteroatoms. The van der Waals surface area contributed by atoms with Gasteiger partial charge >= 0.3 is 34.5 Å². The van der Waals surface area contributed by atoms with Crippen LogP contribution in [-0.4, -0.2) is 6.21 Å². The predicted molar refractivity (Wildman–Crippen MR) is 40.0 cm³/mol. The van der Waals surface area contributed by atoms with E-state index in [1.807, 2.05) is 0 Å². The molecule has 0 unspecified atom stereocenters. The summed E-state index contributed by atoms with van der Waals surface area (Å²) in [6.07, 6.45) is 4.79. The second-order valence-electron chi connectivity index (χ2n) is 1.40. The molecule has 0 aliphatic rings. The average molecular weight is 257 g/mol. The van der Waals surface area contributed by atoms with Crippen LogP contribution in [0.5, 0.6) is 0 Å². The Balaban J connectivity index is 0. The molecular weight excluding hydrogens is 246 g/mol. The molecular formula is C5H11Cl2NRu. The van der Waals surface area contributed by atoms with Crippen LogP contribution in [0.4, 0.5) is 0 Å². The fourth-order valence-corrected chi connectivity index (χ4v) is 0.306. The van der Waals surface area contributed by atoms with Crippen LogP contribution in [0, 0.1) is 5.41 Å². The van der Waals surface area contributed by atoms with E-state index >= 15 is 0 Å². The summed E-state index contributed by atoms with van der Waals surface area (Å²) in [5, 5.41) is 6.58. The fourth-order valence-electron chi connectivity index (χ4n) is 0.306. The Kier molecular flexibility index (Phi) is 22.2. The van der Waals surface area contributed by atoms with E-state index in [4.69, 9.17) is 24.8 Å². The first kappa shape index (κ1) is 12.5. The van der Waals surface area contributed by atoms with E-state index in [-0.39, 0.29) is 15.1 Å². The van der Waals surface area contributed by atoms with E-state index in [1.54, 1.807) is 0 Å². The van der Waals surface area contributed by atoms with Gasteiger partial charge in [0.25, 0.3) is 0 Å². The van der Waals surface area contributed by atoms with Gasteiger partial charge in [0.15, 0.2) is 0 Å². The normalized spacial score (nSPS) is 7.89. The van der Waals surface area contributed by atoms with Gasteiger partial charge in [0.2, 0.25) is 0 Å². The summed E-state index contributed by atoms with van der Waals surface area (Å²) in [4.78, 5) is 0. The number of unbranched alkanes of at least 4 members (excludes halogenated alkanes) is 2. The Morgan fingerprint density at radius 3 is 2.11 bits per heavy atom. The van der Waals surface area contributed by atoms with Crippen LogP contribution < -0.4 is 0 Å². The molecule has 0 aromatic rings. The Labute approximate surface area is 72.3 Å². The standard InChI is InChI=1S/C5H11N.2ClH.Ru/c1-2-3-4-5-6;;;/h5-6H,2-4H2,1H3;2*1H;/q;;;+2/p-2. The molecule has 0 fully saturated rings. The van der Waals surface area contributed by atoms with Gasteiger partial charge in [-0.05, 0) is 19.1 Å². The van der Waals surface area contributed by atoms with Crippen LogP contribution in [-0.2, 0) is 15.1 Å². The van der Waals surface area contributed by atoms with Gasteiger partial charge in [-0.2, -0.15) is 0 Å². The number of rotatable bonds is 3. The van der Waals surface area contributed by atoms with Crippen molar-refractivity contribution in [3.63, 3.8) is 0 Å². The average Bonchev–Trinajstić information content (AvgIpc) is 1.86. The summed E-state index contributed by atoms with van der Waals surface area (Å²) < 4.78 is 0. The first-order valence-corrected chi connectivity index (χ1v) is 7.15. The molecule has 0 spiro atoms. The summed E-state index contributed by atoms with van der Waals surface area (Å²) in [6.45, 7) is 2.13. The third kappa shape index (κ3) is 27.9. The topological polar surface area (TPSA) is 23.9 Å². The molecule has 0 aromatic carbocycles. The number of hydrogen-bond donors (Lipinski definition) is 1. The van der Waals surface area contributed by atoms with Crippen molar-refractivity contribution in [2.24, 2.45) is 0 Å². The Morgan fingerprint density at radius 2 is 2.00 bits per heavy atom. The van der Waals surface area contributed by atoms with Crippen molar-refractivity contribution in [3.8, 4) is 0 Å². The van der Waals surface area contributed by atoms with E-state index in [9.17, 15) is 0 Å². The van der Waals surface area contributed by atoms with Crippen LogP contribution in [0.25, 0.3) is 0 Å². The van der Waals surface area contributed by atoms with Crippen molar-refractivity contribution >= 4 is 25.6 Å². The van der Waals surface area contributed by atoms with Crippen molar-refractivity contribution in [2.75, 3.05) is 0 Å². The molecule has 0 saturated carbocycles. The van der Waals surface area contributed by atoms with Gasteiger partial charge < -0.3 is 5.41 Å². The molecule has 0 heterocycles. The Hall–Kier alpha value is 0.873. The van der Waals surface area contributed by atoms with Crippen LogP contribution in [0.3, 0.4) is 0 Å². The fraction of sp³-hybridized carbons (Fsp3) is 0.800. The molecule has 0 aromatic heterocycles. The van der Waals surface area contributed by atoms with Crippen LogP contribution in [0.1, 0.15) is 26.2 Å². The molecule has 1 nitrogen and oxygen atoms in total. The molecule has 1 N–H and O–H groups in total. The van der Waals surface area contributed by atoms with Crippen LogP contribution in [0.2, 0.25) is 0 Å². The summed E-state index contributed by atoms with van der Waals surface area (Å²) in [7, 11) is 9.71. The van der Waals surface area contributed by atoms with Gasteiger partial charge in [0.1, 0.15) is 0 Å². The zero-order valence-electron chi connectivity index (χ0n) is 5.31. The van der Waals surface area contributed by atoms with E-state index in [1.165, 1.54) is 19.1 Å². The minimum atomic E-state index is -0.346. The summed E-state index contributed by atoms with van der Waals surface area (Å²) in [5.74, 6) is 0.